The van der Waals surface area contributed by atoms with Gasteiger partial charge in [0.25, 0.3) is 0 Å². The van der Waals surface area contributed by atoms with Gasteiger partial charge >= 0.3 is 6.03 Å². The Morgan fingerprint density at radius 2 is 2.20 bits per heavy atom. The first-order valence-electron chi connectivity index (χ1n) is 7.30. The third-order valence-electron chi connectivity index (χ3n) is 3.98. The van der Waals surface area contributed by atoms with Crippen LogP contribution in [0.15, 0.2) is 22.8 Å². The molecule has 112 valence electrons. The molecular weight excluding hydrogens is 254 g/mol. The molecule has 0 radical (unpaired) electrons. The number of nitrogens with zero attached hydrogens (tertiary/aromatic N) is 2. The number of piperidine rings is 1. The third kappa shape index (κ3) is 3.76. The summed E-state index contributed by atoms with van der Waals surface area (Å²) in [5.41, 5.74) is 0. The minimum Gasteiger partial charge on any atom is -0.468 e. The van der Waals surface area contributed by atoms with E-state index in [0.29, 0.717) is 6.54 Å². The second-order valence-corrected chi connectivity index (χ2v) is 5.83. The fraction of sp³-hybridized carbons (Fsp3) is 0.667. The summed E-state index contributed by atoms with van der Waals surface area (Å²) in [5, 5.41) is 2.96. The van der Waals surface area contributed by atoms with Gasteiger partial charge in [0, 0.05) is 20.6 Å². The van der Waals surface area contributed by atoms with Crippen molar-refractivity contribution < 1.29 is 9.21 Å². The van der Waals surface area contributed by atoms with Gasteiger partial charge in [-0.1, -0.05) is 6.92 Å². The van der Waals surface area contributed by atoms with Crippen molar-refractivity contribution in [3.05, 3.63) is 24.2 Å². The summed E-state index contributed by atoms with van der Waals surface area (Å²) < 4.78 is 5.56. The van der Waals surface area contributed by atoms with Gasteiger partial charge in [0.1, 0.15) is 5.76 Å². The molecule has 1 aliphatic rings. The van der Waals surface area contributed by atoms with E-state index in [4.69, 9.17) is 4.42 Å². The van der Waals surface area contributed by atoms with E-state index in [-0.39, 0.29) is 12.1 Å². The van der Waals surface area contributed by atoms with Crippen molar-refractivity contribution in [1.29, 1.82) is 0 Å². The molecule has 5 heteroatoms. The van der Waals surface area contributed by atoms with Gasteiger partial charge in [0.05, 0.1) is 12.3 Å². The maximum atomic E-state index is 11.7. The molecule has 2 rings (SSSR count). The number of rotatable bonds is 4. The van der Waals surface area contributed by atoms with E-state index < -0.39 is 0 Å². The molecule has 1 aromatic heterocycles. The van der Waals surface area contributed by atoms with Gasteiger partial charge in [-0.3, -0.25) is 4.90 Å². The van der Waals surface area contributed by atoms with Crippen LogP contribution in [0.2, 0.25) is 0 Å². The maximum Gasteiger partial charge on any atom is 0.316 e. The molecule has 0 spiro atoms. The SMILES string of the molecule is CC1CCN(C(CNC(=O)N(C)C)c2ccco2)CC1. The number of carbonyl (C=O) groups excluding carboxylic acids is 1. The summed E-state index contributed by atoms with van der Waals surface area (Å²) in [6.07, 6.45) is 4.11. The molecule has 2 heterocycles. The van der Waals surface area contributed by atoms with Crippen LogP contribution in [0.3, 0.4) is 0 Å². The Bertz CT molecular complexity index is 409. The summed E-state index contributed by atoms with van der Waals surface area (Å²) >= 11 is 0. The molecule has 1 atom stereocenters. The Labute approximate surface area is 120 Å². The van der Waals surface area contributed by atoms with Gasteiger partial charge < -0.3 is 14.6 Å². The molecule has 0 aromatic carbocycles. The molecule has 1 unspecified atom stereocenters. The fourth-order valence-electron chi connectivity index (χ4n) is 2.57. The Kier molecular flexibility index (Phi) is 5.06. The van der Waals surface area contributed by atoms with E-state index in [1.54, 1.807) is 25.3 Å². The Morgan fingerprint density at radius 1 is 1.50 bits per heavy atom. The first-order chi connectivity index (χ1) is 9.58. The molecule has 0 saturated carbocycles. The van der Waals surface area contributed by atoms with E-state index in [1.165, 1.54) is 12.8 Å². The van der Waals surface area contributed by atoms with Gasteiger partial charge in [0.15, 0.2) is 0 Å². The van der Waals surface area contributed by atoms with Crippen LogP contribution in [0.4, 0.5) is 4.79 Å². The first kappa shape index (κ1) is 14.9. The van der Waals surface area contributed by atoms with Gasteiger partial charge in [0.2, 0.25) is 0 Å². The standard InChI is InChI=1S/C15H25N3O2/c1-12-6-8-18(9-7-12)13(14-5-4-10-20-14)11-16-15(19)17(2)3/h4-5,10,12-13H,6-9,11H2,1-3H3,(H,16,19). The van der Waals surface area contributed by atoms with Crippen LogP contribution in [0.1, 0.15) is 31.6 Å². The van der Waals surface area contributed by atoms with Crippen molar-refractivity contribution in [2.45, 2.75) is 25.8 Å². The third-order valence-corrected chi connectivity index (χ3v) is 3.98. The predicted molar refractivity (Wildman–Crippen MR) is 78.5 cm³/mol. The fourth-order valence-corrected chi connectivity index (χ4v) is 2.57. The lowest BCUT2D eigenvalue weighted by atomic mass is 9.97. The number of urea groups is 1. The highest BCUT2D eigenvalue weighted by molar-refractivity contribution is 5.73. The van der Waals surface area contributed by atoms with Crippen LogP contribution < -0.4 is 5.32 Å². The molecule has 1 fully saturated rings. The molecule has 1 saturated heterocycles. The van der Waals surface area contributed by atoms with Crippen molar-refractivity contribution in [2.24, 2.45) is 5.92 Å². The monoisotopic (exact) mass is 279 g/mol. The summed E-state index contributed by atoms with van der Waals surface area (Å²) in [6, 6.07) is 3.96. The zero-order chi connectivity index (χ0) is 14.5. The van der Waals surface area contributed by atoms with E-state index >= 15 is 0 Å². The normalized spacial score (nSPS) is 18.8. The largest absolute Gasteiger partial charge is 0.468 e. The lowest BCUT2D eigenvalue weighted by Crippen LogP contribution is -2.44. The summed E-state index contributed by atoms with van der Waals surface area (Å²) in [4.78, 5) is 15.7. The number of carbonyl (C=O) groups is 1. The summed E-state index contributed by atoms with van der Waals surface area (Å²) in [5.74, 6) is 1.72. The number of amides is 2. The average molecular weight is 279 g/mol. The second kappa shape index (κ2) is 6.79. The topological polar surface area (TPSA) is 48.7 Å². The number of hydrogen-bond acceptors (Lipinski definition) is 3. The minimum atomic E-state index is -0.0630. The zero-order valence-electron chi connectivity index (χ0n) is 12.6. The number of hydrogen-bond donors (Lipinski definition) is 1. The maximum absolute atomic E-state index is 11.7. The van der Waals surface area contributed by atoms with Crippen molar-refractivity contribution in [3.8, 4) is 0 Å². The van der Waals surface area contributed by atoms with Crippen molar-refractivity contribution in [2.75, 3.05) is 33.7 Å². The highest BCUT2D eigenvalue weighted by atomic mass is 16.3. The van der Waals surface area contributed by atoms with Crippen LogP contribution in [0.5, 0.6) is 0 Å². The summed E-state index contributed by atoms with van der Waals surface area (Å²) in [6.45, 7) is 5.00. The van der Waals surface area contributed by atoms with Crippen LogP contribution in [-0.4, -0.2) is 49.6 Å². The highest BCUT2D eigenvalue weighted by Gasteiger charge is 2.26. The molecule has 1 aliphatic heterocycles. The van der Waals surface area contributed by atoms with Crippen LogP contribution in [0, 0.1) is 5.92 Å². The minimum absolute atomic E-state index is 0.0630. The van der Waals surface area contributed by atoms with Crippen LogP contribution >= 0.6 is 0 Å². The first-order valence-corrected chi connectivity index (χ1v) is 7.30. The van der Waals surface area contributed by atoms with Crippen molar-refractivity contribution in [1.82, 2.24) is 15.1 Å². The van der Waals surface area contributed by atoms with E-state index in [9.17, 15) is 4.79 Å². The second-order valence-electron chi connectivity index (χ2n) is 5.83. The van der Waals surface area contributed by atoms with Gasteiger partial charge in [-0.05, 0) is 44.0 Å². The number of nitrogens with one attached hydrogen (secondary N) is 1. The molecule has 5 nitrogen and oxygen atoms in total. The molecule has 0 bridgehead atoms. The smallest absolute Gasteiger partial charge is 0.316 e. The summed E-state index contributed by atoms with van der Waals surface area (Å²) in [7, 11) is 3.50. The van der Waals surface area contributed by atoms with Crippen molar-refractivity contribution in [3.63, 3.8) is 0 Å². The molecular formula is C15H25N3O2. The van der Waals surface area contributed by atoms with Gasteiger partial charge in [-0.25, -0.2) is 4.79 Å². The lowest BCUT2D eigenvalue weighted by molar-refractivity contribution is 0.121. The van der Waals surface area contributed by atoms with E-state index in [1.807, 2.05) is 12.1 Å². The lowest BCUT2D eigenvalue weighted by Gasteiger charge is -2.36. The molecule has 1 aromatic rings. The van der Waals surface area contributed by atoms with Crippen LogP contribution in [-0.2, 0) is 0 Å². The predicted octanol–water partition coefficient (Wildman–Crippen LogP) is 2.32. The Balaban J connectivity index is 2.00. The average Bonchev–Trinajstić information content (AvgIpc) is 2.94. The highest BCUT2D eigenvalue weighted by Crippen LogP contribution is 2.26. The zero-order valence-corrected chi connectivity index (χ0v) is 12.6. The van der Waals surface area contributed by atoms with Gasteiger partial charge in [-0.2, -0.15) is 0 Å². The van der Waals surface area contributed by atoms with E-state index in [2.05, 4.69) is 17.1 Å². The Hall–Kier alpha value is -1.49. The molecule has 1 N–H and O–H groups in total. The number of furan rings is 1. The molecule has 2 amide bonds. The Morgan fingerprint density at radius 3 is 2.75 bits per heavy atom. The van der Waals surface area contributed by atoms with Gasteiger partial charge in [-0.15, -0.1) is 0 Å². The van der Waals surface area contributed by atoms with Crippen molar-refractivity contribution >= 4 is 6.03 Å². The van der Waals surface area contributed by atoms with E-state index in [0.717, 1.165) is 24.8 Å². The van der Waals surface area contributed by atoms with Crippen LogP contribution in [0.25, 0.3) is 0 Å². The molecule has 0 aliphatic carbocycles. The molecule has 20 heavy (non-hydrogen) atoms. The quantitative estimate of drug-likeness (QED) is 0.920. The number of likely N-dealkylation sites (tertiary alicyclic amines) is 1.